The molecular formula is C13H23N3O. The average molecular weight is 237 g/mol. The smallest absolute Gasteiger partial charge is 0.237 e. The van der Waals surface area contributed by atoms with Crippen LogP contribution in [-0.2, 0) is 4.79 Å². The molecule has 0 aromatic rings. The number of carbonyl (C=O) groups is 1. The summed E-state index contributed by atoms with van der Waals surface area (Å²) in [5.74, 6) is 1.15. The van der Waals surface area contributed by atoms with Gasteiger partial charge in [0, 0.05) is 19.6 Å². The first-order valence-electron chi connectivity index (χ1n) is 6.85. The first-order valence-corrected chi connectivity index (χ1v) is 6.85. The minimum absolute atomic E-state index is 0.339. The molecule has 1 unspecified atom stereocenters. The number of nitrogens with zero attached hydrogens (tertiary/aromatic N) is 2. The molecule has 1 aliphatic carbocycles. The highest BCUT2D eigenvalue weighted by Crippen LogP contribution is 2.31. The predicted molar refractivity (Wildman–Crippen MR) is 66.5 cm³/mol. The third-order valence-corrected chi connectivity index (χ3v) is 4.32. The molecule has 1 amide bonds. The van der Waals surface area contributed by atoms with Crippen molar-refractivity contribution in [3.05, 3.63) is 0 Å². The van der Waals surface area contributed by atoms with Crippen LogP contribution in [0.1, 0.15) is 26.2 Å². The van der Waals surface area contributed by atoms with Gasteiger partial charge in [0.25, 0.3) is 0 Å². The van der Waals surface area contributed by atoms with Gasteiger partial charge in [-0.25, -0.2) is 0 Å². The highest BCUT2D eigenvalue weighted by Gasteiger charge is 2.37. The van der Waals surface area contributed by atoms with Gasteiger partial charge in [-0.1, -0.05) is 6.92 Å². The normalized spacial score (nSPS) is 34.9. The van der Waals surface area contributed by atoms with E-state index in [9.17, 15) is 4.79 Å². The summed E-state index contributed by atoms with van der Waals surface area (Å²) in [7, 11) is 0. The number of nitrogens with one attached hydrogen (secondary N) is 1. The third-order valence-electron chi connectivity index (χ3n) is 4.32. The van der Waals surface area contributed by atoms with Crippen molar-refractivity contribution in [1.29, 1.82) is 0 Å². The Balaban J connectivity index is 1.53. The molecule has 3 aliphatic rings. The van der Waals surface area contributed by atoms with Gasteiger partial charge < -0.3 is 10.2 Å². The van der Waals surface area contributed by atoms with Gasteiger partial charge in [-0.15, -0.1) is 0 Å². The van der Waals surface area contributed by atoms with Crippen molar-refractivity contribution in [2.75, 3.05) is 39.4 Å². The molecule has 0 spiro atoms. The van der Waals surface area contributed by atoms with Crippen LogP contribution in [0.5, 0.6) is 0 Å². The first kappa shape index (κ1) is 11.5. The summed E-state index contributed by atoms with van der Waals surface area (Å²) in [6, 6.07) is 0. The fraction of sp³-hybridized carbons (Fsp3) is 0.923. The van der Waals surface area contributed by atoms with E-state index in [0.29, 0.717) is 17.9 Å². The van der Waals surface area contributed by atoms with Crippen molar-refractivity contribution < 1.29 is 4.79 Å². The van der Waals surface area contributed by atoms with E-state index in [1.54, 1.807) is 0 Å². The van der Waals surface area contributed by atoms with Crippen LogP contribution < -0.4 is 5.32 Å². The van der Waals surface area contributed by atoms with Crippen molar-refractivity contribution >= 4 is 5.91 Å². The molecular weight excluding hydrogens is 214 g/mol. The second-order valence-corrected chi connectivity index (χ2v) is 6.43. The molecule has 2 saturated heterocycles. The van der Waals surface area contributed by atoms with Gasteiger partial charge in [0.2, 0.25) is 5.91 Å². The number of amides is 1. The number of hydrogen-bond acceptors (Lipinski definition) is 3. The third kappa shape index (κ3) is 2.63. The number of hydrogen-bond donors (Lipinski definition) is 1. The van der Waals surface area contributed by atoms with E-state index < -0.39 is 0 Å². The molecule has 4 nitrogen and oxygen atoms in total. The minimum atomic E-state index is 0.339. The Morgan fingerprint density at radius 3 is 2.94 bits per heavy atom. The van der Waals surface area contributed by atoms with E-state index in [-0.39, 0.29) is 0 Å². The average Bonchev–Trinajstić information content (AvgIpc) is 2.89. The first-order chi connectivity index (χ1) is 8.15. The summed E-state index contributed by atoms with van der Waals surface area (Å²) in [4.78, 5) is 16.3. The molecule has 1 N–H and O–H groups in total. The minimum Gasteiger partial charge on any atom is -0.328 e. The van der Waals surface area contributed by atoms with Crippen LogP contribution in [0.25, 0.3) is 0 Å². The van der Waals surface area contributed by atoms with Crippen LogP contribution in [0.15, 0.2) is 0 Å². The maximum absolute atomic E-state index is 11.9. The zero-order valence-electron chi connectivity index (χ0n) is 10.7. The van der Waals surface area contributed by atoms with Crippen molar-refractivity contribution in [2.24, 2.45) is 11.3 Å². The summed E-state index contributed by atoms with van der Waals surface area (Å²) in [5.41, 5.74) is 0.371. The second kappa shape index (κ2) is 4.25. The topological polar surface area (TPSA) is 35.6 Å². The summed E-state index contributed by atoms with van der Waals surface area (Å²) < 4.78 is 0. The zero-order valence-corrected chi connectivity index (χ0v) is 10.7. The Morgan fingerprint density at radius 1 is 1.47 bits per heavy atom. The molecule has 0 aromatic carbocycles. The standard InChI is InChI=1S/C13H23N3O/c1-13(4-5-14-8-13)9-15-7-12(17)16(10-15)6-11-2-3-11/h11,14H,2-10H2,1H3. The molecule has 2 aliphatic heterocycles. The highest BCUT2D eigenvalue weighted by atomic mass is 16.2. The highest BCUT2D eigenvalue weighted by molar-refractivity contribution is 5.80. The lowest BCUT2D eigenvalue weighted by Crippen LogP contribution is -2.37. The monoisotopic (exact) mass is 237 g/mol. The predicted octanol–water partition coefficient (Wildman–Crippen LogP) is 0.498. The largest absolute Gasteiger partial charge is 0.328 e. The molecule has 0 bridgehead atoms. The van der Waals surface area contributed by atoms with Crippen LogP contribution in [0.2, 0.25) is 0 Å². The lowest BCUT2D eigenvalue weighted by molar-refractivity contribution is -0.126. The molecule has 0 radical (unpaired) electrons. The Labute approximate surface area is 103 Å². The number of rotatable bonds is 4. The Bertz CT molecular complexity index is 308. The van der Waals surface area contributed by atoms with Gasteiger partial charge >= 0.3 is 0 Å². The summed E-state index contributed by atoms with van der Waals surface area (Å²) in [6.07, 6.45) is 3.89. The van der Waals surface area contributed by atoms with E-state index in [1.807, 2.05) is 0 Å². The maximum atomic E-state index is 11.9. The van der Waals surface area contributed by atoms with Crippen LogP contribution in [0.4, 0.5) is 0 Å². The molecule has 0 aromatic heterocycles. The second-order valence-electron chi connectivity index (χ2n) is 6.43. The van der Waals surface area contributed by atoms with Gasteiger partial charge in [-0.2, -0.15) is 0 Å². The van der Waals surface area contributed by atoms with Gasteiger partial charge in [-0.05, 0) is 37.1 Å². The van der Waals surface area contributed by atoms with E-state index in [0.717, 1.165) is 38.8 Å². The summed E-state index contributed by atoms with van der Waals surface area (Å²) >= 11 is 0. The van der Waals surface area contributed by atoms with E-state index in [4.69, 9.17) is 0 Å². The van der Waals surface area contributed by atoms with Gasteiger partial charge in [0.15, 0.2) is 0 Å². The molecule has 96 valence electrons. The number of carbonyl (C=O) groups excluding carboxylic acids is 1. The Kier molecular flexibility index (Phi) is 2.87. The van der Waals surface area contributed by atoms with Crippen molar-refractivity contribution in [3.8, 4) is 0 Å². The van der Waals surface area contributed by atoms with Gasteiger partial charge in [0.05, 0.1) is 13.2 Å². The summed E-state index contributed by atoms with van der Waals surface area (Å²) in [6.45, 7) is 8.13. The van der Waals surface area contributed by atoms with Gasteiger partial charge in [-0.3, -0.25) is 9.69 Å². The fourth-order valence-corrected chi connectivity index (χ4v) is 3.08. The molecule has 2 heterocycles. The molecule has 1 saturated carbocycles. The quantitative estimate of drug-likeness (QED) is 0.773. The Morgan fingerprint density at radius 2 is 2.29 bits per heavy atom. The van der Waals surface area contributed by atoms with Crippen LogP contribution in [0.3, 0.4) is 0 Å². The van der Waals surface area contributed by atoms with Crippen LogP contribution in [0, 0.1) is 11.3 Å². The van der Waals surface area contributed by atoms with Crippen LogP contribution >= 0.6 is 0 Å². The van der Waals surface area contributed by atoms with E-state index >= 15 is 0 Å². The molecule has 4 heteroatoms. The van der Waals surface area contributed by atoms with E-state index in [1.165, 1.54) is 19.3 Å². The SMILES string of the molecule is CC1(CN2CC(=O)N(CC3CC3)C2)CCNC1. The zero-order chi connectivity index (χ0) is 11.9. The van der Waals surface area contributed by atoms with E-state index in [2.05, 4.69) is 22.0 Å². The molecule has 1 atom stereocenters. The molecule has 3 rings (SSSR count). The van der Waals surface area contributed by atoms with Crippen molar-refractivity contribution in [1.82, 2.24) is 15.1 Å². The fourth-order valence-electron chi connectivity index (χ4n) is 3.08. The molecule has 3 fully saturated rings. The van der Waals surface area contributed by atoms with Crippen LogP contribution in [-0.4, -0.2) is 55.1 Å². The molecule has 17 heavy (non-hydrogen) atoms. The van der Waals surface area contributed by atoms with Crippen molar-refractivity contribution in [2.45, 2.75) is 26.2 Å². The van der Waals surface area contributed by atoms with Crippen molar-refractivity contribution in [3.63, 3.8) is 0 Å². The lowest BCUT2D eigenvalue weighted by Gasteiger charge is -2.28. The van der Waals surface area contributed by atoms with Gasteiger partial charge in [0.1, 0.15) is 0 Å². The maximum Gasteiger partial charge on any atom is 0.237 e. The Hall–Kier alpha value is -0.610. The summed E-state index contributed by atoms with van der Waals surface area (Å²) in [5, 5.41) is 3.43. The lowest BCUT2D eigenvalue weighted by atomic mass is 9.89.